The van der Waals surface area contributed by atoms with Crippen LogP contribution >= 0.6 is 0 Å². The van der Waals surface area contributed by atoms with Crippen LogP contribution in [0.4, 0.5) is 4.39 Å². The van der Waals surface area contributed by atoms with Crippen molar-refractivity contribution < 1.29 is 13.9 Å². The van der Waals surface area contributed by atoms with Gasteiger partial charge >= 0.3 is 5.69 Å². The summed E-state index contributed by atoms with van der Waals surface area (Å²) >= 11 is 0. The van der Waals surface area contributed by atoms with E-state index in [4.69, 9.17) is 9.47 Å². The third-order valence-corrected chi connectivity index (χ3v) is 5.55. The van der Waals surface area contributed by atoms with Crippen molar-refractivity contribution in [3.63, 3.8) is 0 Å². The van der Waals surface area contributed by atoms with Gasteiger partial charge in [-0.3, -0.25) is 14.0 Å². The first-order chi connectivity index (χ1) is 15.3. The molecule has 0 aliphatic heterocycles. The summed E-state index contributed by atoms with van der Waals surface area (Å²) in [6.45, 7) is 3.59. The van der Waals surface area contributed by atoms with Crippen LogP contribution in [0.1, 0.15) is 31.9 Å². The molecule has 0 radical (unpaired) electrons. The fourth-order valence-corrected chi connectivity index (χ4v) is 3.65. The molecular weight excluding hydrogens is 417 g/mol. The predicted octanol–water partition coefficient (Wildman–Crippen LogP) is 2.87. The van der Waals surface area contributed by atoms with E-state index in [1.54, 1.807) is 55.2 Å². The summed E-state index contributed by atoms with van der Waals surface area (Å²) in [6, 6.07) is 8.21. The van der Waals surface area contributed by atoms with Gasteiger partial charge in [-0.25, -0.2) is 13.8 Å². The van der Waals surface area contributed by atoms with E-state index in [-0.39, 0.29) is 17.9 Å². The fraction of sp³-hybridized carbons (Fsp3) is 0.318. The molecule has 1 N–H and O–H groups in total. The quantitative estimate of drug-likeness (QED) is 0.476. The number of halogens is 1. The number of aromatic nitrogens is 5. The minimum absolute atomic E-state index is 0.245. The Morgan fingerprint density at radius 3 is 2.47 bits per heavy atom. The molecule has 10 heteroatoms. The molecule has 168 valence electrons. The standard InChI is InChI=1S/C22H24FN5O4/c1-13(31-3)27-19-9-18(25-20(19)21(29)28(22(27)30)14(2)32-4)16-10-24-26(12-16)11-15-7-5-6-8-17(15)23/h5-10,12-14,25H,11H2,1-4H3. The first-order valence-electron chi connectivity index (χ1n) is 10.1. The third-order valence-electron chi connectivity index (χ3n) is 5.55. The van der Waals surface area contributed by atoms with E-state index in [0.29, 0.717) is 22.3 Å². The summed E-state index contributed by atoms with van der Waals surface area (Å²) in [5, 5.41) is 4.31. The number of nitrogens with zero attached hydrogens (tertiary/aromatic N) is 4. The molecule has 4 rings (SSSR count). The van der Waals surface area contributed by atoms with Crippen molar-refractivity contribution in [2.45, 2.75) is 32.8 Å². The summed E-state index contributed by atoms with van der Waals surface area (Å²) in [5.41, 5.74) is 1.41. The molecule has 0 spiro atoms. The number of ether oxygens (including phenoxy) is 2. The molecule has 0 aliphatic rings. The topological polar surface area (TPSA) is 96.1 Å². The van der Waals surface area contributed by atoms with Gasteiger partial charge in [0, 0.05) is 31.5 Å². The van der Waals surface area contributed by atoms with E-state index in [9.17, 15) is 14.0 Å². The smallest absolute Gasteiger partial charge is 0.335 e. The minimum Gasteiger partial charge on any atom is -0.361 e. The molecule has 0 aliphatic carbocycles. The van der Waals surface area contributed by atoms with Crippen molar-refractivity contribution in [1.29, 1.82) is 0 Å². The van der Waals surface area contributed by atoms with Crippen LogP contribution in [0.3, 0.4) is 0 Å². The number of hydrogen-bond donors (Lipinski definition) is 1. The maximum absolute atomic E-state index is 14.0. The van der Waals surface area contributed by atoms with Gasteiger partial charge in [0.15, 0.2) is 0 Å². The molecule has 4 aromatic rings. The Morgan fingerprint density at radius 1 is 1.09 bits per heavy atom. The Kier molecular flexibility index (Phi) is 5.81. The molecule has 0 amide bonds. The largest absolute Gasteiger partial charge is 0.361 e. The Morgan fingerprint density at radius 2 is 1.78 bits per heavy atom. The first-order valence-corrected chi connectivity index (χ1v) is 10.1. The lowest BCUT2D eigenvalue weighted by molar-refractivity contribution is 0.0377. The van der Waals surface area contributed by atoms with Crippen LogP contribution in [0, 0.1) is 5.82 Å². The number of benzene rings is 1. The Labute approximate surface area is 182 Å². The summed E-state index contributed by atoms with van der Waals surface area (Å²) in [5.74, 6) is -0.305. The van der Waals surface area contributed by atoms with Gasteiger partial charge in [-0.05, 0) is 26.0 Å². The number of fused-ring (bicyclic) bond motifs is 1. The lowest BCUT2D eigenvalue weighted by Gasteiger charge is -2.19. The van der Waals surface area contributed by atoms with Crippen LogP contribution < -0.4 is 11.2 Å². The molecule has 2 unspecified atom stereocenters. The van der Waals surface area contributed by atoms with E-state index < -0.39 is 23.7 Å². The summed E-state index contributed by atoms with van der Waals surface area (Å²) in [7, 11) is 2.91. The van der Waals surface area contributed by atoms with Crippen molar-refractivity contribution in [2.75, 3.05) is 14.2 Å². The normalized spacial score (nSPS) is 13.5. The molecule has 0 saturated heterocycles. The highest BCUT2D eigenvalue weighted by molar-refractivity contribution is 5.82. The van der Waals surface area contributed by atoms with Gasteiger partial charge in [-0.2, -0.15) is 5.10 Å². The summed E-state index contributed by atoms with van der Waals surface area (Å²) < 4.78 is 28.6. The van der Waals surface area contributed by atoms with Crippen LogP contribution in [0.2, 0.25) is 0 Å². The van der Waals surface area contributed by atoms with Gasteiger partial charge < -0.3 is 14.5 Å². The predicted molar refractivity (Wildman–Crippen MR) is 117 cm³/mol. The van der Waals surface area contributed by atoms with E-state index >= 15 is 0 Å². The Bertz CT molecular complexity index is 1380. The monoisotopic (exact) mass is 441 g/mol. The molecular formula is C22H24FN5O4. The van der Waals surface area contributed by atoms with Gasteiger partial charge in [-0.1, -0.05) is 18.2 Å². The highest BCUT2D eigenvalue weighted by Gasteiger charge is 2.22. The summed E-state index contributed by atoms with van der Waals surface area (Å²) in [6.07, 6.45) is 1.98. The van der Waals surface area contributed by atoms with Crippen LogP contribution in [-0.2, 0) is 16.0 Å². The lowest BCUT2D eigenvalue weighted by Crippen LogP contribution is -2.43. The van der Waals surface area contributed by atoms with Gasteiger partial charge in [0.1, 0.15) is 23.8 Å². The van der Waals surface area contributed by atoms with Crippen LogP contribution in [-0.4, -0.2) is 38.1 Å². The molecule has 3 aromatic heterocycles. The second-order valence-electron chi connectivity index (χ2n) is 7.46. The average molecular weight is 441 g/mol. The SMILES string of the molecule is COC(C)n1c(=O)c2[nH]c(-c3cnn(Cc4ccccc4F)c3)cc2n(C(C)OC)c1=O. The van der Waals surface area contributed by atoms with E-state index in [2.05, 4.69) is 10.1 Å². The van der Waals surface area contributed by atoms with Crippen LogP contribution in [0.25, 0.3) is 22.3 Å². The molecule has 9 nitrogen and oxygen atoms in total. The zero-order valence-corrected chi connectivity index (χ0v) is 18.2. The Hall–Kier alpha value is -3.50. The maximum Gasteiger partial charge on any atom is 0.335 e. The van der Waals surface area contributed by atoms with E-state index in [1.807, 2.05) is 0 Å². The average Bonchev–Trinajstić information content (AvgIpc) is 3.42. The van der Waals surface area contributed by atoms with Gasteiger partial charge in [-0.15, -0.1) is 0 Å². The molecule has 32 heavy (non-hydrogen) atoms. The lowest BCUT2D eigenvalue weighted by atomic mass is 10.2. The van der Waals surface area contributed by atoms with Crippen LogP contribution in [0.15, 0.2) is 52.3 Å². The second kappa shape index (κ2) is 8.56. The van der Waals surface area contributed by atoms with E-state index in [0.717, 1.165) is 4.57 Å². The number of hydrogen-bond acceptors (Lipinski definition) is 5. The molecule has 3 heterocycles. The number of aromatic amines is 1. The zero-order valence-electron chi connectivity index (χ0n) is 18.2. The highest BCUT2D eigenvalue weighted by Crippen LogP contribution is 2.24. The molecule has 0 saturated carbocycles. The maximum atomic E-state index is 14.0. The van der Waals surface area contributed by atoms with Gasteiger partial charge in [0.2, 0.25) is 0 Å². The highest BCUT2D eigenvalue weighted by atomic mass is 19.1. The third kappa shape index (κ3) is 3.67. The number of methoxy groups -OCH3 is 2. The number of nitrogens with one attached hydrogen (secondary N) is 1. The second-order valence-corrected chi connectivity index (χ2v) is 7.46. The van der Waals surface area contributed by atoms with Crippen molar-refractivity contribution >= 4 is 11.0 Å². The number of rotatable bonds is 7. The Balaban J connectivity index is 1.83. The zero-order chi connectivity index (χ0) is 23.0. The molecule has 0 bridgehead atoms. The number of H-pyrrole nitrogens is 1. The molecule has 2 atom stereocenters. The van der Waals surface area contributed by atoms with Gasteiger partial charge in [0.25, 0.3) is 5.56 Å². The van der Waals surface area contributed by atoms with Crippen molar-refractivity contribution in [3.8, 4) is 11.3 Å². The molecule has 1 aromatic carbocycles. The van der Waals surface area contributed by atoms with Gasteiger partial charge in [0.05, 0.1) is 24.0 Å². The first kappa shape index (κ1) is 21.7. The molecule has 0 fully saturated rings. The van der Waals surface area contributed by atoms with Crippen molar-refractivity contribution in [1.82, 2.24) is 23.9 Å². The summed E-state index contributed by atoms with van der Waals surface area (Å²) in [4.78, 5) is 29.3. The van der Waals surface area contributed by atoms with E-state index in [1.165, 1.54) is 24.9 Å². The van der Waals surface area contributed by atoms with Crippen molar-refractivity contribution in [2.24, 2.45) is 0 Å². The van der Waals surface area contributed by atoms with Crippen molar-refractivity contribution in [3.05, 3.63) is 74.9 Å². The fourth-order valence-electron chi connectivity index (χ4n) is 3.65. The van der Waals surface area contributed by atoms with Crippen LogP contribution in [0.5, 0.6) is 0 Å². The minimum atomic E-state index is -0.759.